The molecule has 0 bridgehead atoms. The van der Waals surface area contributed by atoms with Gasteiger partial charge in [0.15, 0.2) is 0 Å². The molecular formula is C27H20BrN3O4S3. The third-order valence-electron chi connectivity index (χ3n) is 6.62. The van der Waals surface area contributed by atoms with Crippen LogP contribution >= 0.6 is 50.4 Å². The van der Waals surface area contributed by atoms with Crippen molar-refractivity contribution in [1.82, 2.24) is 4.57 Å². The number of thiophene rings is 1. The predicted octanol–water partition coefficient (Wildman–Crippen LogP) is 5.48. The second kappa shape index (κ2) is 9.96. The molecule has 11 heteroatoms. The number of imide groups is 1. The highest BCUT2D eigenvalue weighted by molar-refractivity contribution is 9.10. The number of hydrogen-bond donors (Lipinski definition) is 1. The lowest BCUT2D eigenvalue weighted by Gasteiger charge is -2.29. The molecule has 2 aromatic heterocycles. The van der Waals surface area contributed by atoms with Crippen LogP contribution in [0.2, 0.25) is 0 Å². The van der Waals surface area contributed by atoms with Crippen LogP contribution in [0.25, 0.3) is 0 Å². The van der Waals surface area contributed by atoms with Gasteiger partial charge in [-0.3, -0.25) is 23.7 Å². The largest absolute Gasteiger partial charge is 0.325 e. The van der Waals surface area contributed by atoms with E-state index < -0.39 is 17.1 Å². The van der Waals surface area contributed by atoms with Gasteiger partial charge in [-0.05, 0) is 54.8 Å². The molecule has 2 aliphatic rings. The smallest absolute Gasteiger partial charge is 0.308 e. The quantitative estimate of drug-likeness (QED) is 0.297. The molecule has 192 valence electrons. The Bertz CT molecular complexity index is 1610. The summed E-state index contributed by atoms with van der Waals surface area (Å²) in [7, 11) is 0. The zero-order valence-electron chi connectivity index (χ0n) is 19.9. The fourth-order valence-electron chi connectivity index (χ4n) is 4.86. The van der Waals surface area contributed by atoms with Crippen LogP contribution in [0.15, 0.2) is 80.3 Å². The maximum Gasteiger partial charge on any atom is 0.308 e. The van der Waals surface area contributed by atoms with Gasteiger partial charge >= 0.3 is 4.87 Å². The Balaban J connectivity index is 1.38. The SMILES string of the molecule is Cc1ccc(NC(=O)Cn2c3c(sc2=O)[C@@H](c2cccs2)C2C(=O)N(c4ccc(Br)cc4)C(=O)C2S3)cc1. The first-order valence-electron chi connectivity index (χ1n) is 11.8. The lowest BCUT2D eigenvalue weighted by molar-refractivity contribution is -0.122. The van der Waals surface area contributed by atoms with Crippen molar-refractivity contribution in [3.05, 3.63) is 95.5 Å². The molecule has 3 amide bonds. The molecule has 0 aliphatic carbocycles. The van der Waals surface area contributed by atoms with Crippen LogP contribution in [-0.2, 0) is 20.9 Å². The number of anilines is 2. The van der Waals surface area contributed by atoms with Gasteiger partial charge in [-0.15, -0.1) is 11.3 Å². The van der Waals surface area contributed by atoms with Gasteiger partial charge in [0.05, 0.1) is 16.6 Å². The maximum atomic E-state index is 13.8. The molecule has 1 fully saturated rings. The van der Waals surface area contributed by atoms with Crippen molar-refractivity contribution in [2.75, 3.05) is 10.2 Å². The Kier molecular flexibility index (Phi) is 6.63. The molecule has 7 nitrogen and oxygen atoms in total. The minimum Gasteiger partial charge on any atom is -0.325 e. The number of carbonyl (C=O) groups is 3. The Labute approximate surface area is 238 Å². The van der Waals surface area contributed by atoms with Gasteiger partial charge in [0.2, 0.25) is 17.7 Å². The Hall–Kier alpha value is -2.99. The third-order valence-corrected chi connectivity index (χ3v) is 10.7. The number of nitrogens with one attached hydrogen (secondary N) is 1. The molecule has 2 aliphatic heterocycles. The predicted molar refractivity (Wildman–Crippen MR) is 154 cm³/mol. The van der Waals surface area contributed by atoms with E-state index in [1.807, 2.05) is 48.7 Å². The van der Waals surface area contributed by atoms with Crippen LogP contribution in [0.5, 0.6) is 0 Å². The van der Waals surface area contributed by atoms with Crippen molar-refractivity contribution in [1.29, 1.82) is 0 Å². The van der Waals surface area contributed by atoms with E-state index in [9.17, 15) is 19.2 Å². The summed E-state index contributed by atoms with van der Waals surface area (Å²) in [6.45, 7) is 1.78. The van der Waals surface area contributed by atoms with E-state index in [0.717, 1.165) is 31.1 Å². The number of rotatable bonds is 5. The van der Waals surface area contributed by atoms with Gasteiger partial charge < -0.3 is 5.32 Å². The van der Waals surface area contributed by atoms with Crippen LogP contribution in [-0.4, -0.2) is 27.5 Å². The summed E-state index contributed by atoms with van der Waals surface area (Å²) in [5.74, 6) is -2.00. The summed E-state index contributed by atoms with van der Waals surface area (Å²) in [6.07, 6.45) is 0. The fraction of sp³-hybridized carbons (Fsp3) is 0.185. The highest BCUT2D eigenvalue weighted by Gasteiger charge is 2.57. The molecule has 38 heavy (non-hydrogen) atoms. The average Bonchev–Trinajstić information content (AvgIpc) is 3.59. The van der Waals surface area contributed by atoms with Gasteiger partial charge in [0, 0.05) is 25.8 Å². The second-order valence-electron chi connectivity index (χ2n) is 9.08. The number of thiazole rings is 1. The molecule has 1 saturated heterocycles. The van der Waals surface area contributed by atoms with Crippen LogP contribution in [0, 0.1) is 12.8 Å². The third kappa shape index (κ3) is 4.37. The average molecular weight is 627 g/mol. The number of benzene rings is 2. The van der Waals surface area contributed by atoms with E-state index in [-0.39, 0.29) is 29.1 Å². The van der Waals surface area contributed by atoms with E-state index in [0.29, 0.717) is 16.4 Å². The Morgan fingerprint density at radius 3 is 2.42 bits per heavy atom. The lowest BCUT2D eigenvalue weighted by Crippen LogP contribution is -2.32. The molecule has 6 rings (SSSR count). The van der Waals surface area contributed by atoms with Crippen molar-refractivity contribution in [2.45, 2.75) is 29.7 Å². The van der Waals surface area contributed by atoms with Crippen LogP contribution in [0.4, 0.5) is 11.4 Å². The number of halogens is 1. The van der Waals surface area contributed by atoms with Gasteiger partial charge in [0.25, 0.3) is 0 Å². The van der Waals surface area contributed by atoms with Crippen molar-refractivity contribution in [3.8, 4) is 0 Å². The summed E-state index contributed by atoms with van der Waals surface area (Å²) in [4.78, 5) is 56.2. The number of nitrogens with zero attached hydrogens (tertiary/aromatic N) is 2. The van der Waals surface area contributed by atoms with E-state index in [2.05, 4.69) is 21.2 Å². The topological polar surface area (TPSA) is 88.5 Å². The molecule has 4 heterocycles. The zero-order valence-corrected chi connectivity index (χ0v) is 24.0. The van der Waals surface area contributed by atoms with Crippen LogP contribution < -0.4 is 15.1 Å². The minimum absolute atomic E-state index is 0.182. The van der Waals surface area contributed by atoms with E-state index in [1.54, 1.807) is 24.3 Å². The molecule has 0 radical (unpaired) electrons. The fourth-order valence-corrected chi connectivity index (χ4v) is 8.84. The number of hydrogen-bond acceptors (Lipinski definition) is 7. The highest BCUT2D eigenvalue weighted by atomic mass is 79.9. The minimum atomic E-state index is -0.703. The number of thioether (sulfide) groups is 1. The molecule has 2 aromatic carbocycles. The number of aryl methyl sites for hydroxylation is 1. The Morgan fingerprint density at radius 1 is 1.00 bits per heavy atom. The molecule has 2 unspecified atom stereocenters. The van der Waals surface area contributed by atoms with Gasteiger partial charge in [-0.1, -0.05) is 62.8 Å². The molecular weight excluding hydrogens is 606 g/mol. The zero-order chi connectivity index (χ0) is 26.6. The molecule has 4 aromatic rings. The van der Waals surface area contributed by atoms with Crippen molar-refractivity contribution < 1.29 is 14.4 Å². The van der Waals surface area contributed by atoms with Gasteiger partial charge in [0.1, 0.15) is 11.8 Å². The van der Waals surface area contributed by atoms with Crippen molar-refractivity contribution in [3.63, 3.8) is 0 Å². The van der Waals surface area contributed by atoms with E-state index in [1.165, 1.54) is 32.6 Å². The summed E-state index contributed by atoms with van der Waals surface area (Å²) in [5, 5.41) is 4.64. The van der Waals surface area contributed by atoms with E-state index in [4.69, 9.17) is 0 Å². The van der Waals surface area contributed by atoms with Gasteiger partial charge in [-0.2, -0.15) is 0 Å². The summed E-state index contributed by atoms with van der Waals surface area (Å²) < 4.78 is 2.28. The van der Waals surface area contributed by atoms with Crippen LogP contribution in [0.1, 0.15) is 21.2 Å². The number of amides is 3. The molecule has 0 saturated carbocycles. The maximum absolute atomic E-state index is 13.8. The normalized spacial score (nSPS) is 20.4. The number of carbonyl (C=O) groups excluding carboxylic acids is 3. The monoisotopic (exact) mass is 625 g/mol. The second-order valence-corrected chi connectivity index (χ2v) is 13.1. The first-order chi connectivity index (χ1) is 18.3. The van der Waals surface area contributed by atoms with E-state index >= 15 is 0 Å². The lowest BCUT2D eigenvalue weighted by atomic mass is 9.87. The van der Waals surface area contributed by atoms with Crippen molar-refractivity contribution >= 4 is 79.5 Å². The summed E-state index contributed by atoms with van der Waals surface area (Å²) >= 11 is 7.16. The first-order valence-corrected chi connectivity index (χ1v) is 15.1. The molecule has 0 spiro atoms. The summed E-state index contributed by atoms with van der Waals surface area (Å²) in [5.41, 5.74) is 2.23. The van der Waals surface area contributed by atoms with Crippen LogP contribution in [0.3, 0.4) is 0 Å². The molecule has 1 N–H and O–H groups in total. The highest BCUT2D eigenvalue weighted by Crippen LogP contribution is 2.54. The number of aromatic nitrogens is 1. The number of fused-ring (bicyclic) bond motifs is 2. The van der Waals surface area contributed by atoms with Crippen molar-refractivity contribution in [2.24, 2.45) is 5.92 Å². The molecule has 3 atom stereocenters. The Morgan fingerprint density at radius 2 is 1.74 bits per heavy atom. The first kappa shape index (κ1) is 25.3. The summed E-state index contributed by atoms with van der Waals surface area (Å²) in [6, 6.07) is 18.3. The van der Waals surface area contributed by atoms with Gasteiger partial charge in [-0.25, -0.2) is 4.90 Å². The standard InChI is InChI=1S/C27H20BrN3O4S3/c1-14-4-8-16(9-5-14)29-19(32)13-30-26-23(38-27(30)35)20(18-3-2-12-36-18)21-22(37-26)25(34)31(24(21)33)17-10-6-15(28)7-11-17/h2-12,20-22H,13H2,1H3,(H,29,32)/t20-,21?,22?/m0/s1.